The molecule has 1 saturated carbocycles. The van der Waals surface area contributed by atoms with E-state index in [0.717, 1.165) is 18.5 Å². The quantitative estimate of drug-likeness (QED) is 0.852. The van der Waals surface area contributed by atoms with Gasteiger partial charge < -0.3 is 14.9 Å². The number of halogens is 1. The van der Waals surface area contributed by atoms with Crippen LogP contribution >= 0.6 is 0 Å². The predicted molar refractivity (Wildman–Crippen MR) is 77.6 cm³/mol. The predicted octanol–water partition coefficient (Wildman–Crippen LogP) is 2.29. The lowest BCUT2D eigenvalue weighted by molar-refractivity contribution is -0.138. The van der Waals surface area contributed by atoms with Gasteiger partial charge in [0.2, 0.25) is 5.76 Å². The molecule has 0 bridgehead atoms. The zero-order valence-corrected chi connectivity index (χ0v) is 12.2. The number of hydrogen-bond donors (Lipinski definition) is 2. The van der Waals surface area contributed by atoms with Crippen molar-refractivity contribution in [1.29, 1.82) is 0 Å². The third-order valence-electron chi connectivity index (χ3n) is 3.79. The molecule has 0 saturated heterocycles. The Labute approximate surface area is 131 Å². The Morgan fingerprint density at radius 3 is 2.65 bits per heavy atom. The van der Waals surface area contributed by atoms with Gasteiger partial charge in [-0.05, 0) is 30.5 Å². The van der Waals surface area contributed by atoms with E-state index in [1.807, 2.05) is 0 Å². The van der Waals surface area contributed by atoms with Gasteiger partial charge in [0.15, 0.2) is 0 Å². The fourth-order valence-electron chi connectivity index (χ4n) is 2.29. The van der Waals surface area contributed by atoms with Crippen molar-refractivity contribution in [2.45, 2.75) is 24.7 Å². The van der Waals surface area contributed by atoms with Crippen LogP contribution in [0, 0.1) is 5.82 Å². The molecule has 7 heteroatoms. The number of aromatic nitrogens is 1. The van der Waals surface area contributed by atoms with Gasteiger partial charge in [-0.25, -0.2) is 4.39 Å². The van der Waals surface area contributed by atoms with E-state index in [0.29, 0.717) is 11.5 Å². The smallest absolute Gasteiger partial charge is 0.312 e. The van der Waals surface area contributed by atoms with Crippen molar-refractivity contribution in [3.8, 4) is 0 Å². The van der Waals surface area contributed by atoms with Gasteiger partial charge in [0.25, 0.3) is 5.91 Å². The van der Waals surface area contributed by atoms with Crippen LogP contribution in [-0.2, 0) is 4.79 Å². The third-order valence-corrected chi connectivity index (χ3v) is 3.79. The second-order valence-corrected chi connectivity index (χ2v) is 5.54. The van der Waals surface area contributed by atoms with E-state index >= 15 is 0 Å². The number of carboxylic acid groups (broad SMARTS) is 1. The fourth-order valence-corrected chi connectivity index (χ4v) is 2.29. The maximum Gasteiger partial charge on any atom is 0.312 e. The number of amides is 1. The molecule has 1 atom stereocenters. The highest BCUT2D eigenvalue weighted by molar-refractivity contribution is 5.92. The Hall–Kier alpha value is -2.70. The van der Waals surface area contributed by atoms with Gasteiger partial charge in [-0.2, -0.15) is 0 Å². The summed E-state index contributed by atoms with van der Waals surface area (Å²) >= 11 is 0. The average molecular weight is 318 g/mol. The van der Waals surface area contributed by atoms with Crippen LogP contribution in [0.2, 0.25) is 0 Å². The van der Waals surface area contributed by atoms with Crippen molar-refractivity contribution in [1.82, 2.24) is 10.5 Å². The maximum absolute atomic E-state index is 12.9. The monoisotopic (exact) mass is 318 g/mol. The minimum atomic E-state index is -1.10. The molecule has 0 aliphatic heterocycles. The topological polar surface area (TPSA) is 92.4 Å². The molecule has 1 amide bonds. The van der Waals surface area contributed by atoms with E-state index in [9.17, 15) is 19.1 Å². The van der Waals surface area contributed by atoms with Gasteiger partial charge in [0.1, 0.15) is 5.82 Å². The van der Waals surface area contributed by atoms with Crippen LogP contribution in [0.1, 0.15) is 46.5 Å². The van der Waals surface area contributed by atoms with Crippen LogP contribution in [-0.4, -0.2) is 28.7 Å². The van der Waals surface area contributed by atoms with Gasteiger partial charge >= 0.3 is 5.97 Å². The highest BCUT2D eigenvalue weighted by Gasteiger charge is 2.28. The molecule has 1 aromatic carbocycles. The van der Waals surface area contributed by atoms with E-state index in [4.69, 9.17) is 4.52 Å². The van der Waals surface area contributed by atoms with Crippen LogP contribution in [0.4, 0.5) is 4.39 Å². The van der Waals surface area contributed by atoms with Crippen LogP contribution in [0.15, 0.2) is 34.9 Å². The second-order valence-electron chi connectivity index (χ2n) is 5.54. The number of carbonyl (C=O) groups is 2. The molecule has 1 heterocycles. The van der Waals surface area contributed by atoms with Crippen molar-refractivity contribution in [2.24, 2.45) is 0 Å². The lowest BCUT2D eigenvalue weighted by Crippen LogP contribution is -2.31. The highest BCUT2D eigenvalue weighted by Crippen LogP contribution is 2.39. The molecular weight excluding hydrogens is 303 g/mol. The van der Waals surface area contributed by atoms with Crippen LogP contribution in [0.3, 0.4) is 0 Å². The average Bonchev–Trinajstić information content (AvgIpc) is 3.26. The van der Waals surface area contributed by atoms with E-state index in [1.165, 1.54) is 24.3 Å². The molecule has 0 spiro atoms. The summed E-state index contributed by atoms with van der Waals surface area (Å²) in [5, 5.41) is 15.6. The van der Waals surface area contributed by atoms with E-state index in [1.54, 1.807) is 6.07 Å². The maximum atomic E-state index is 12.9. The standard InChI is InChI=1S/C16H15FN2O4/c17-11-5-3-9(4-6-11)12(16(21)22)8-18-15(20)14-7-13(19-23-14)10-1-2-10/h3-7,10,12H,1-2,8H2,(H,18,20)(H,21,22). The largest absolute Gasteiger partial charge is 0.481 e. The summed E-state index contributed by atoms with van der Waals surface area (Å²) in [6, 6.07) is 6.73. The molecule has 1 unspecified atom stereocenters. The molecule has 1 fully saturated rings. The van der Waals surface area contributed by atoms with Gasteiger partial charge in [-0.3, -0.25) is 9.59 Å². The zero-order valence-electron chi connectivity index (χ0n) is 12.2. The number of nitrogens with zero attached hydrogens (tertiary/aromatic N) is 1. The minimum absolute atomic E-state index is 0.0649. The normalized spacial score (nSPS) is 15.2. The van der Waals surface area contributed by atoms with Crippen LogP contribution < -0.4 is 5.32 Å². The fraction of sp³-hybridized carbons (Fsp3) is 0.312. The molecule has 3 rings (SSSR count). The van der Waals surface area contributed by atoms with Gasteiger partial charge in [-0.15, -0.1) is 0 Å². The van der Waals surface area contributed by atoms with Crippen molar-refractivity contribution in [3.63, 3.8) is 0 Å². The molecule has 120 valence electrons. The molecular formula is C16H15FN2O4. The SMILES string of the molecule is O=C(NCC(C(=O)O)c1ccc(F)cc1)c1cc(C2CC2)no1. The molecule has 1 aliphatic rings. The van der Waals surface area contributed by atoms with Crippen molar-refractivity contribution >= 4 is 11.9 Å². The first-order valence-electron chi connectivity index (χ1n) is 7.27. The summed E-state index contributed by atoms with van der Waals surface area (Å²) in [5.41, 5.74) is 1.17. The third kappa shape index (κ3) is 3.56. The molecule has 6 nitrogen and oxygen atoms in total. The van der Waals surface area contributed by atoms with Crippen LogP contribution in [0.5, 0.6) is 0 Å². The number of benzene rings is 1. The number of carbonyl (C=O) groups excluding carboxylic acids is 1. The van der Waals surface area contributed by atoms with Crippen LogP contribution in [0.25, 0.3) is 0 Å². The minimum Gasteiger partial charge on any atom is -0.481 e. The zero-order chi connectivity index (χ0) is 16.4. The number of rotatable bonds is 6. The summed E-state index contributed by atoms with van der Waals surface area (Å²) in [4.78, 5) is 23.4. The number of carboxylic acids is 1. The number of hydrogen-bond acceptors (Lipinski definition) is 4. The summed E-state index contributed by atoms with van der Waals surface area (Å²) < 4.78 is 17.9. The molecule has 0 radical (unpaired) electrons. The first-order chi connectivity index (χ1) is 11.0. The van der Waals surface area contributed by atoms with E-state index < -0.39 is 23.6 Å². The Kier molecular flexibility index (Phi) is 4.10. The summed E-state index contributed by atoms with van der Waals surface area (Å²) in [5.74, 6) is -2.60. The Morgan fingerprint density at radius 1 is 1.35 bits per heavy atom. The molecule has 2 aromatic rings. The van der Waals surface area contributed by atoms with Crippen molar-refractivity contribution in [2.75, 3.05) is 6.54 Å². The Morgan fingerprint density at radius 2 is 2.04 bits per heavy atom. The highest BCUT2D eigenvalue weighted by atomic mass is 19.1. The molecule has 23 heavy (non-hydrogen) atoms. The van der Waals surface area contributed by atoms with Crippen molar-refractivity contribution in [3.05, 3.63) is 53.2 Å². The van der Waals surface area contributed by atoms with Gasteiger partial charge in [0, 0.05) is 18.5 Å². The summed E-state index contributed by atoms with van der Waals surface area (Å²) in [6.45, 7) is -0.126. The Balaban J connectivity index is 1.64. The first-order valence-corrected chi connectivity index (χ1v) is 7.27. The van der Waals surface area contributed by atoms with Crippen molar-refractivity contribution < 1.29 is 23.6 Å². The second kappa shape index (κ2) is 6.20. The Bertz CT molecular complexity index is 722. The molecule has 1 aliphatic carbocycles. The molecule has 1 aromatic heterocycles. The van der Waals surface area contributed by atoms with Gasteiger partial charge in [-0.1, -0.05) is 17.3 Å². The molecule has 2 N–H and O–H groups in total. The van der Waals surface area contributed by atoms with E-state index in [2.05, 4.69) is 10.5 Å². The summed E-state index contributed by atoms with van der Waals surface area (Å²) in [6.07, 6.45) is 2.08. The lowest BCUT2D eigenvalue weighted by Gasteiger charge is -2.13. The number of nitrogens with one attached hydrogen (secondary N) is 1. The number of aliphatic carboxylic acids is 1. The lowest BCUT2D eigenvalue weighted by atomic mass is 9.99. The first kappa shape index (κ1) is 15.2. The summed E-state index contributed by atoms with van der Waals surface area (Å²) in [7, 11) is 0. The van der Waals surface area contributed by atoms with Gasteiger partial charge in [0.05, 0.1) is 11.6 Å². The van der Waals surface area contributed by atoms with E-state index in [-0.39, 0.29) is 12.3 Å².